The molecule has 104 valence electrons. The maximum Gasteiger partial charge on any atom is 0.225 e. The zero-order chi connectivity index (χ0) is 13.8. The predicted molar refractivity (Wildman–Crippen MR) is 73.9 cm³/mol. The molecule has 1 aliphatic carbocycles. The van der Waals surface area contributed by atoms with Gasteiger partial charge in [0.1, 0.15) is 11.9 Å². The van der Waals surface area contributed by atoms with Gasteiger partial charge in [0.25, 0.3) is 0 Å². The summed E-state index contributed by atoms with van der Waals surface area (Å²) in [6.07, 6.45) is 4.20. The molecule has 0 fully saturated rings. The lowest BCUT2D eigenvalue weighted by atomic mass is 9.95. The number of aryl methyl sites for hydroxylation is 2. The molecule has 1 aliphatic rings. The Morgan fingerprint density at radius 3 is 2.89 bits per heavy atom. The number of nitrogens with zero attached hydrogens (tertiary/aromatic N) is 1. The van der Waals surface area contributed by atoms with Gasteiger partial charge < -0.3 is 15.2 Å². The second-order valence-electron chi connectivity index (χ2n) is 4.95. The number of rotatable bonds is 5. The van der Waals surface area contributed by atoms with E-state index in [-0.39, 0.29) is 11.9 Å². The van der Waals surface area contributed by atoms with Crippen LogP contribution in [0.2, 0.25) is 0 Å². The van der Waals surface area contributed by atoms with Gasteiger partial charge in [0, 0.05) is 12.8 Å². The highest BCUT2D eigenvalue weighted by molar-refractivity contribution is 5.97. The Hall–Kier alpha value is -1.62. The van der Waals surface area contributed by atoms with Crippen molar-refractivity contribution in [2.75, 3.05) is 13.7 Å². The van der Waals surface area contributed by atoms with E-state index in [1.54, 1.807) is 7.11 Å². The molecule has 0 saturated carbocycles. The SMILES string of the molecule is COCC(C)Oc1nc2c(cc1C(=N)N)CCCC2. The molecule has 1 atom stereocenters. The summed E-state index contributed by atoms with van der Waals surface area (Å²) >= 11 is 0. The fourth-order valence-corrected chi connectivity index (χ4v) is 2.36. The maximum atomic E-state index is 7.67. The third-order valence-corrected chi connectivity index (χ3v) is 3.27. The molecule has 0 spiro atoms. The normalized spacial score (nSPS) is 15.7. The lowest BCUT2D eigenvalue weighted by Crippen LogP contribution is -2.23. The van der Waals surface area contributed by atoms with Crippen molar-refractivity contribution in [1.29, 1.82) is 5.41 Å². The summed E-state index contributed by atoms with van der Waals surface area (Å²) in [6, 6.07) is 1.96. The average molecular weight is 263 g/mol. The van der Waals surface area contributed by atoms with E-state index in [2.05, 4.69) is 4.98 Å². The predicted octanol–water partition coefficient (Wildman–Crippen LogP) is 1.66. The van der Waals surface area contributed by atoms with Crippen LogP contribution >= 0.6 is 0 Å². The first-order valence-corrected chi connectivity index (χ1v) is 6.64. The number of nitrogens with two attached hydrogens (primary N) is 1. The van der Waals surface area contributed by atoms with Crippen LogP contribution in [-0.4, -0.2) is 30.6 Å². The van der Waals surface area contributed by atoms with Gasteiger partial charge in [-0.1, -0.05) is 0 Å². The zero-order valence-corrected chi connectivity index (χ0v) is 11.5. The first-order chi connectivity index (χ1) is 9.11. The van der Waals surface area contributed by atoms with E-state index in [1.807, 2.05) is 13.0 Å². The number of ether oxygens (including phenoxy) is 2. The molecule has 3 N–H and O–H groups in total. The molecule has 1 heterocycles. The second-order valence-corrected chi connectivity index (χ2v) is 4.95. The Morgan fingerprint density at radius 1 is 1.47 bits per heavy atom. The van der Waals surface area contributed by atoms with E-state index in [4.69, 9.17) is 20.6 Å². The largest absolute Gasteiger partial charge is 0.472 e. The molecule has 1 unspecified atom stereocenters. The fraction of sp³-hybridized carbons (Fsp3) is 0.571. The van der Waals surface area contributed by atoms with Crippen molar-refractivity contribution < 1.29 is 9.47 Å². The van der Waals surface area contributed by atoms with Crippen LogP contribution in [0.3, 0.4) is 0 Å². The highest BCUT2D eigenvalue weighted by Gasteiger charge is 2.18. The molecule has 0 aliphatic heterocycles. The van der Waals surface area contributed by atoms with E-state index < -0.39 is 0 Å². The van der Waals surface area contributed by atoms with Gasteiger partial charge in [0.2, 0.25) is 5.88 Å². The van der Waals surface area contributed by atoms with Gasteiger partial charge in [-0.2, -0.15) is 0 Å². The van der Waals surface area contributed by atoms with Crippen LogP contribution in [0.4, 0.5) is 0 Å². The Labute approximate surface area is 113 Å². The molecule has 0 bridgehead atoms. The second kappa shape index (κ2) is 6.02. The summed E-state index contributed by atoms with van der Waals surface area (Å²) in [6.45, 7) is 2.39. The number of nitrogen functional groups attached to an aromatic ring is 1. The highest BCUT2D eigenvalue weighted by atomic mass is 16.5. The summed E-state index contributed by atoms with van der Waals surface area (Å²) in [5.41, 5.74) is 8.49. The number of aromatic nitrogens is 1. The smallest absolute Gasteiger partial charge is 0.225 e. The van der Waals surface area contributed by atoms with Crippen LogP contribution in [0, 0.1) is 5.41 Å². The van der Waals surface area contributed by atoms with Gasteiger partial charge in [-0.25, -0.2) is 4.98 Å². The van der Waals surface area contributed by atoms with E-state index in [0.717, 1.165) is 25.0 Å². The van der Waals surface area contributed by atoms with Crippen LogP contribution in [0.25, 0.3) is 0 Å². The minimum Gasteiger partial charge on any atom is -0.472 e. The maximum absolute atomic E-state index is 7.67. The van der Waals surface area contributed by atoms with Gasteiger partial charge in [0.15, 0.2) is 0 Å². The topological polar surface area (TPSA) is 81.2 Å². The van der Waals surface area contributed by atoms with Crippen molar-refractivity contribution in [2.45, 2.75) is 38.7 Å². The minimum atomic E-state index is -0.114. The van der Waals surface area contributed by atoms with E-state index in [1.165, 1.54) is 12.0 Å². The molecule has 2 rings (SSSR count). The zero-order valence-electron chi connectivity index (χ0n) is 11.5. The fourth-order valence-electron chi connectivity index (χ4n) is 2.36. The van der Waals surface area contributed by atoms with Crippen molar-refractivity contribution in [3.05, 3.63) is 22.9 Å². The van der Waals surface area contributed by atoms with Crippen LogP contribution in [-0.2, 0) is 17.6 Å². The van der Waals surface area contributed by atoms with Gasteiger partial charge in [-0.15, -0.1) is 0 Å². The van der Waals surface area contributed by atoms with E-state index in [9.17, 15) is 0 Å². The number of pyridine rings is 1. The Morgan fingerprint density at radius 2 is 2.21 bits per heavy atom. The van der Waals surface area contributed by atoms with Crippen molar-refractivity contribution in [3.8, 4) is 5.88 Å². The van der Waals surface area contributed by atoms with Crippen molar-refractivity contribution in [1.82, 2.24) is 4.98 Å². The summed E-state index contributed by atoms with van der Waals surface area (Å²) in [7, 11) is 1.63. The number of hydrogen-bond donors (Lipinski definition) is 2. The third-order valence-electron chi connectivity index (χ3n) is 3.27. The molecule has 0 amide bonds. The number of methoxy groups -OCH3 is 1. The highest BCUT2D eigenvalue weighted by Crippen LogP contribution is 2.26. The molecule has 5 heteroatoms. The van der Waals surface area contributed by atoms with E-state index in [0.29, 0.717) is 18.1 Å². The molecular weight excluding hydrogens is 242 g/mol. The minimum absolute atomic E-state index is 0.000454. The molecular formula is C14H21N3O2. The number of amidine groups is 1. The van der Waals surface area contributed by atoms with Crippen LogP contribution < -0.4 is 10.5 Å². The van der Waals surface area contributed by atoms with Crippen LogP contribution in [0.1, 0.15) is 36.6 Å². The summed E-state index contributed by atoms with van der Waals surface area (Å²) < 4.78 is 10.8. The first-order valence-electron chi connectivity index (χ1n) is 6.64. The number of hydrogen-bond acceptors (Lipinski definition) is 4. The molecule has 0 saturated heterocycles. The molecule has 0 radical (unpaired) electrons. The lowest BCUT2D eigenvalue weighted by Gasteiger charge is -2.20. The van der Waals surface area contributed by atoms with Crippen LogP contribution in [0.15, 0.2) is 6.07 Å². The Balaban J connectivity index is 2.31. The molecule has 1 aromatic heterocycles. The monoisotopic (exact) mass is 263 g/mol. The molecule has 19 heavy (non-hydrogen) atoms. The van der Waals surface area contributed by atoms with Crippen molar-refractivity contribution in [3.63, 3.8) is 0 Å². The Kier molecular flexibility index (Phi) is 4.37. The summed E-state index contributed by atoms with van der Waals surface area (Å²) in [5, 5.41) is 7.67. The van der Waals surface area contributed by atoms with Crippen LogP contribution in [0.5, 0.6) is 5.88 Å². The lowest BCUT2D eigenvalue weighted by molar-refractivity contribution is 0.0886. The number of nitrogens with one attached hydrogen (secondary N) is 1. The van der Waals surface area contributed by atoms with Crippen molar-refractivity contribution >= 4 is 5.84 Å². The van der Waals surface area contributed by atoms with Gasteiger partial charge in [-0.05, 0) is 44.2 Å². The molecule has 0 aromatic carbocycles. The van der Waals surface area contributed by atoms with E-state index >= 15 is 0 Å². The average Bonchev–Trinajstić information content (AvgIpc) is 2.38. The number of fused-ring (bicyclic) bond motifs is 1. The third kappa shape index (κ3) is 3.23. The van der Waals surface area contributed by atoms with Gasteiger partial charge >= 0.3 is 0 Å². The molecule has 5 nitrogen and oxygen atoms in total. The standard InChI is InChI=1S/C14H21N3O2/c1-9(8-18-2)19-14-11(13(15)16)7-10-5-3-4-6-12(10)17-14/h7,9H,3-6,8H2,1-2H3,(H3,15,16). The summed E-state index contributed by atoms with van der Waals surface area (Å²) in [5.74, 6) is 0.457. The van der Waals surface area contributed by atoms with Gasteiger partial charge in [0.05, 0.1) is 12.2 Å². The Bertz CT molecular complexity index is 474. The molecule has 1 aromatic rings. The summed E-state index contributed by atoms with van der Waals surface area (Å²) in [4.78, 5) is 4.56. The first kappa shape index (κ1) is 13.8. The van der Waals surface area contributed by atoms with Gasteiger partial charge in [-0.3, -0.25) is 5.41 Å². The quantitative estimate of drug-likeness (QED) is 0.625. The van der Waals surface area contributed by atoms with Crippen molar-refractivity contribution in [2.24, 2.45) is 5.73 Å².